The molecule has 1 aliphatic heterocycles. The molecule has 0 aromatic heterocycles. The lowest BCUT2D eigenvalue weighted by Gasteiger charge is -2.21. The zero-order valence-electron chi connectivity index (χ0n) is 18.3. The van der Waals surface area contributed by atoms with E-state index in [-0.39, 0.29) is 6.61 Å². The van der Waals surface area contributed by atoms with Gasteiger partial charge in [0.15, 0.2) is 0 Å². The molecule has 0 saturated carbocycles. The van der Waals surface area contributed by atoms with E-state index in [9.17, 15) is 0 Å². The quantitative estimate of drug-likeness (QED) is 0.605. The third-order valence-electron chi connectivity index (χ3n) is 6.20. The standard InChI is InChI=1S/C28H29NO3/c30-13-15-31-27-7-3-4-21(16-27)19-29-12-14-32-28-11-10-25(18-26(28)20-29)24-9-8-22-5-1-2-6-23(22)17-24/h1-7,10-11,16-18,30H,8-9,12-15,19-20H2. The van der Waals surface area contributed by atoms with E-state index in [0.29, 0.717) is 13.2 Å². The summed E-state index contributed by atoms with van der Waals surface area (Å²) in [6.45, 7) is 3.59. The highest BCUT2D eigenvalue weighted by Crippen LogP contribution is 2.33. The molecule has 0 saturated heterocycles. The number of aliphatic hydroxyl groups is 1. The van der Waals surface area contributed by atoms with Crippen LogP contribution < -0.4 is 9.47 Å². The van der Waals surface area contributed by atoms with Crippen LogP contribution >= 0.6 is 0 Å². The van der Waals surface area contributed by atoms with Gasteiger partial charge in [-0.1, -0.05) is 48.5 Å². The molecular formula is C28H29NO3. The fraction of sp³-hybridized carbons (Fsp3) is 0.286. The van der Waals surface area contributed by atoms with Gasteiger partial charge in [-0.2, -0.15) is 0 Å². The Bertz CT molecular complexity index is 1120. The molecule has 4 heteroatoms. The normalized spacial score (nSPS) is 15.7. The van der Waals surface area contributed by atoms with E-state index in [0.717, 1.165) is 44.0 Å². The minimum absolute atomic E-state index is 0.0226. The van der Waals surface area contributed by atoms with Crippen LogP contribution in [-0.2, 0) is 19.5 Å². The maximum Gasteiger partial charge on any atom is 0.123 e. The lowest BCUT2D eigenvalue weighted by Crippen LogP contribution is -2.25. The summed E-state index contributed by atoms with van der Waals surface area (Å²) in [5.41, 5.74) is 7.91. The molecule has 0 unspecified atom stereocenters. The molecule has 0 radical (unpaired) electrons. The van der Waals surface area contributed by atoms with Crippen molar-refractivity contribution in [2.45, 2.75) is 25.9 Å². The summed E-state index contributed by atoms with van der Waals surface area (Å²) in [6, 6.07) is 23.5. The van der Waals surface area contributed by atoms with Crippen molar-refractivity contribution in [1.82, 2.24) is 4.90 Å². The molecule has 164 valence electrons. The van der Waals surface area contributed by atoms with Gasteiger partial charge in [-0.25, -0.2) is 0 Å². The summed E-state index contributed by atoms with van der Waals surface area (Å²) < 4.78 is 11.7. The summed E-state index contributed by atoms with van der Waals surface area (Å²) in [4.78, 5) is 2.42. The molecule has 0 spiro atoms. The van der Waals surface area contributed by atoms with E-state index in [1.807, 2.05) is 12.1 Å². The Morgan fingerprint density at radius 2 is 1.88 bits per heavy atom. The summed E-state index contributed by atoms with van der Waals surface area (Å²) >= 11 is 0. The van der Waals surface area contributed by atoms with Gasteiger partial charge in [0.05, 0.1) is 6.61 Å². The Hall–Kier alpha value is -3.08. The zero-order chi connectivity index (χ0) is 21.8. The Morgan fingerprint density at radius 1 is 0.938 bits per heavy atom. The number of benzene rings is 3. The highest BCUT2D eigenvalue weighted by molar-refractivity contribution is 5.84. The Kier molecular flexibility index (Phi) is 6.24. The average Bonchev–Trinajstić information content (AvgIpc) is 3.03. The van der Waals surface area contributed by atoms with Gasteiger partial charge in [0, 0.05) is 25.2 Å². The van der Waals surface area contributed by atoms with Crippen LogP contribution in [0.4, 0.5) is 0 Å². The van der Waals surface area contributed by atoms with Crippen molar-refractivity contribution in [3.05, 3.63) is 94.5 Å². The number of aryl methyl sites for hydroxylation is 1. The molecule has 0 fully saturated rings. The third kappa shape index (κ3) is 4.72. The van der Waals surface area contributed by atoms with Crippen LogP contribution in [-0.4, -0.2) is 36.4 Å². The van der Waals surface area contributed by atoms with Crippen molar-refractivity contribution in [2.24, 2.45) is 0 Å². The van der Waals surface area contributed by atoms with E-state index >= 15 is 0 Å². The van der Waals surface area contributed by atoms with Crippen molar-refractivity contribution >= 4 is 11.6 Å². The summed E-state index contributed by atoms with van der Waals surface area (Å²) in [5.74, 6) is 1.79. The molecule has 1 heterocycles. The highest BCUT2D eigenvalue weighted by atomic mass is 16.5. The van der Waals surface area contributed by atoms with Gasteiger partial charge in [0.25, 0.3) is 0 Å². The predicted molar refractivity (Wildman–Crippen MR) is 128 cm³/mol. The van der Waals surface area contributed by atoms with Crippen LogP contribution in [0.15, 0.2) is 66.7 Å². The predicted octanol–water partition coefficient (Wildman–Crippen LogP) is 4.94. The molecule has 0 atom stereocenters. The van der Waals surface area contributed by atoms with Crippen LogP contribution in [0.2, 0.25) is 0 Å². The number of nitrogens with zero attached hydrogens (tertiary/aromatic N) is 1. The molecule has 0 amide bonds. The van der Waals surface area contributed by atoms with E-state index in [2.05, 4.69) is 65.6 Å². The molecule has 5 rings (SSSR count). The molecule has 1 N–H and O–H groups in total. The van der Waals surface area contributed by atoms with Gasteiger partial charge >= 0.3 is 0 Å². The van der Waals surface area contributed by atoms with Gasteiger partial charge < -0.3 is 14.6 Å². The monoisotopic (exact) mass is 427 g/mol. The van der Waals surface area contributed by atoms with Crippen molar-refractivity contribution in [1.29, 1.82) is 0 Å². The number of allylic oxidation sites excluding steroid dienone is 1. The maximum atomic E-state index is 9.00. The van der Waals surface area contributed by atoms with E-state index in [4.69, 9.17) is 14.6 Å². The summed E-state index contributed by atoms with van der Waals surface area (Å²) in [5, 5.41) is 9.00. The summed E-state index contributed by atoms with van der Waals surface area (Å²) in [7, 11) is 0. The molecule has 3 aromatic carbocycles. The first-order valence-corrected chi connectivity index (χ1v) is 11.4. The first-order valence-electron chi connectivity index (χ1n) is 11.4. The number of fused-ring (bicyclic) bond motifs is 2. The summed E-state index contributed by atoms with van der Waals surface area (Å²) in [6.07, 6.45) is 4.51. The average molecular weight is 428 g/mol. The first-order chi connectivity index (χ1) is 15.8. The molecule has 32 heavy (non-hydrogen) atoms. The van der Waals surface area contributed by atoms with Gasteiger partial charge in [0.1, 0.15) is 24.7 Å². The number of aliphatic hydroxyl groups excluding tert-OH is 1. The van der Waals surface area contributed by atoms with Crippen molar-refractivity contribution in [2.75, 3.05) is 26.4 Å². The largest absolute Gasteiger partial charge is 0.492 e. The number of rotatable bonds is 6. The Balaban J connectivity index is 1.35. The smallest absolute Gasteiger partial charge is 0.123 e. The van der Waals surface area contributed by atoms with Crippen LogP contribution in [0.25, 0.3) is 11.6 Å². The van der Waals surface area contributed by atoms with E-state index in [1.165, 1.54) is 33.4 Å². The van der Waals surface area contributed by atoms with Gasteiger partial charge in [0.2, 0.25) is 0 Å². The second-order valence-electron chi connectivity index (χ2n) is 8.47. The fourth-order valence-corrected chi connectivity index (χ4v) is 4.60. The minimum atomic E-state index is 0.0226. The lowest BCUT2D eigenvalue weighted by molar-refractivity contribution is 0.200. The molecule has 4 nitrogen and oxygen atoms in total. The molecular weight excluding hydrogens is 398 g/mol. The van der Waals surface area contributed by atoms with Crippen LogP contribution in [0.3, 0.4) is 0 Å². The molecule has 0 bridgehead atoms. The second-order valence-corrected chi connectivity index (χ2v) is 8.47. The molecule has 3 aromatic rings. The molecule has 2 aliphatic rings. The van der Waals surface area contributed by atoms with Gasteiger partial charge in [-0.15, -0.1) is 0 Å². The third-order valence-corrected chi connectivity index (χ3v) is 6.20. The van der Waals surface area contributed by atoms with E-state index < -0.39 is 0 Å². The first kappa shape index (κ1) is 20.8. The van der Waals surface area contributed by atoms with E-state index in [1.54, 1.807) is 0 Å². The molecule has 1 aliphatic carbocycles. The van der Waals surface area contributed by atoms with Crippen LogP contribution in [0.1, 0.15) is 34.2 Å². The number of hydrogen-bond acceptors (Lipinski definition) is 4. The van der Waals surface area contributed by atoms with Crippen molar-refractivity contribution in [3.63, 3.8) is 0 Å². The highest BCUT2D eigenvalue weighted by Gasteiger charge is 2.18. The zero-order valence-corrected chi connectivity index (χ0v) is 18.3. The fourth-order valence-electron chi connectivity index (χ4n) is 4.60. The Morgan fingerprint density at radius 3 is 2.81 bits per heavy atom. The maximum absolute atomic E-state index is 9.00. The SMILES string of the molecule is OCCOc1cccc(CN2CCOc3ccc(C4=Cc5ccccc5CC4)cc3C2)c1. The van der Waals surface area contributed by atoms with Crippen LogP contribution in [0, 0.1) is 0 Å². The minimum Gasteiger partial charge on any atom is -0.492 e. The van der Waals surface area contributed by atoms with Crippen molar-refractivity contribution < 1.29 is 14.6 Å². The van der Waals surface area contributed by atoms with Crippen molar-refractivity contribution in [3.8, 4) is 11.5 Å². The van der Waals surface area contributed by atoms with Gasteiger partial charge in [-0.05, 0) is 64.9 Å². The second kappa shape index (κ2) is 9.60. The Labute approximate surface area is 189 Å². The topological polar surface area (TPSA) is 41.9 Å². The lowest BCUT2D eigenvalue weighted by atomic mass is 9.88. The van der Waals surface area contributed by atoms with Crippen LogP contribution in [0.5, 0.6) is 11.5 Å². The number of hydrogen-bond donors (Lipinski definition) is 1. The number of ether oxygens (including phenoxy) is 2. The van der Waals surface area contributed by atoms with Gasteiger partial charge in [-0.3, -0.25) is 4.90 Å².